The van der Waals surface area contributed by atoms with Crippen molar-refractivity contribution in [3.63, 3.8) is 0 Å². The fourth-order valence-electron chi connectivity index (χ4n) is 2.15. The zero-order valence-electron chi connectivity index (χ0n) is 12.3. The number of amides is 1. The van der Waals surface area contributed by atoms with Crippen molar-refractivity contribution in [1.29, 1.82) is 0 Å². The van der Waals surface area contributed by atoms with Gasteiger partial charge >= 0.3 is 5.97 Å². The van der Waals surface area contributed by atoms with Crippen LogP contribution in [0.4, 0.5) is 0 Å². The quantitative estimate of drug-likeness (QED) is 0.747. The van der Waals surface area contributed by atoms with Crippen LogP contribution in [0.3, 0.4) is 0 Å². The normalized spacial score (nSPS) is 15.3. The highest BCUT2D eigenvalue weighted by atomic mass is 16.5. The van der Waals surface area contributed by atoms with Crippen LogP contribution >= 0.6 is 0 Å². The summed E-state index contributed by atoms with van der Waals surface area (Å²) in [4.78, 5) is 23.3. The third-order valence-electron chi connectivity index (χ3n) is 3.60. The number of carbonyl (C=O) groups excluding carboxylic acids is 2. The zero-order chi connectivity index (χ0) is 15.2. The number of nitrogens with one attached hydrogen (secondary N) is 1. The average Bonchev–Trinajstić information content (AvgIpc) is 3.30. The summed E-state index contributed by atoms with van der Waals surface area (Å²) in [7, 11) is 0. The Balaban J connectivity index is 1.77. The Labute approximate surface area is 124 Å². The van der Waals surface area contributed by atoms with E-state index in [1.165, 1.54) is 0 Å². The van der Waals surface area contributed by atoms with Crippen LogP contribution < -0.4 is 11.1 Å². The molecular formula is C16H22N2O3. The van der Waals surface area contributed by atoms with Gasteiger partial charge in [-0.05, 0) is 43.4 Å². The molecule has 1 saturated carbocycles. The van der Waals surface area contributed by atoms with Crippen molar-refractivity contribution in [1.82, 2.24) is 5.32 Å². The van der Waals surface area contributed by atoms with Gasteiger partial charge in [0.05, 0.1) is 12.2 Å². The summed E-state index contributed by atoms with van der Waals surface area (Å²) >= 11 is 0. The Kier molecular flexibility index (Phi) is 5.33. The molecule has 1 atom stereocenters. The predicted molar refractivity (Wildman–Crippen MR) is 79.6 cm³/mol. The Morgan fingerprint density at radius 1 is 1.33 bits per heavy atom. The number of rotatable bonds is 7. The molecule has 0 aromatic heterocycles. The first-order valence-corrected chi connectivity index (χ1v) is 7.38. The van der Waals surface area contributed by atoms with E-state index in [2.05, 4.69) is 5.32 Å². The first-order valence-electron chi connectivity index (χ1n) is 7.38. The number of ether oxygens (including phenoxy) is 1. The maximum Gasteiger partial charge on any atom is 0.338 e. The third kappa shape index (κ3) is 4.86. The van der Waals surface area contributed by atoms with E-state index in [0.29, 0.717) is 31.1 Å². The minimum absolute atomic E-state index is 0.0174. The molecule has 3 N–H and O–H groups in total. The molecule has 5 heteroatoms. The van der Waals surface area contributed by atoms with Gasteiger partial charge in [0.25, 0.3) is 0 Å². The van der Waals surface area contributed by atoms with Crippen LogP contribution in [0.1, 0.15) is 42.1 Å². The molecule has 21 heavy (non-hydrogen) atoms. The molecule has 0 aliphatic heterocycles. The highest BCUT2D eigenvalue weighted by Gasteiger charge is 2.29. The summed E-state index contributed by atoms with van der Waals surface area (Å²) in [5, 5.41) is 2.85. The molecule has 0 spiro atoms. The van der Waals surface area contributed by atoms with Gasteiger partial charge in [-0.2, -0.15) is 0 Å². The highest BCUT2D eigenvalue weighted by molar-refractivity contribution is 5.89. The Morgan fingerprint density at radius 2 is 2.00 bits per heavy atom. The van der Waals surface area contributed by atoms with E-state index in [1.54, 1.807) is 19.1 Å². The van der Waals surface area contributed by atoms with Gasteiger partial charge in [0, 0.05) is 19.0 Å². The van der Waals surface area contributed by atoms with Crippen LogP contribution in [0.5, 0.6) is 0 Å². The van der Waals surface area contributed by atoms with Gasteiger partial charge in [-0.3, -0.25) is 4.79 Å². The van der Waals surface area contributed by atoms with Crippen molar-refractivity contribution in [2.24, 2.45) is 11.7 Å². The second-order valence-electron chi connectivity index (χ2n) is 5.40. The summed E-state index contributed by atoms with van der Waals surface area (Å²) in [5.41, 5.74) is 7.38. The van der Waals surface area contributed by atoms with E-state index in [-0.39, 0.29) is 17.9 Å². The van der Waals surface area contributed by atoms with E-state index < -0.39 is 0 Å². The first kappa shape index (κ1) is 15.5. The summed E-state index contributed by atoms with van der Waals surface area (Å²) < 4.78 is 4.92. The van der Waals surface area contributed by atoms with Gasteiger partial charge in [0.15, 0.2) is 0 Å². The summed E-state index contributed by atoms with van der Waals surface area (Å²) in [6.07, 6.45) is 2.67. The third-order valence-corrected chi connectivity index (χ3v) is 3.60. The maximum atomic E-state index is 11.8. The molecule has 0 radical (unpaired) electrons. The molecular weight excluding hydrogens is 268 g/mol. The van der Waals surface area contributed by atoms with Crippen LogP contribution in [-0.2, 0) is 16.1 Å². The SMILES string of the molecule is CCOC(=O)c1ccc(CNC(=O)CC(N)C2CC2)cc1. The van der Waals surface area contributed by atoms with Crippen LogP contribution in [0.15, 0.2) is 24.3 Å². The van der Waals surface area contributed by atoms with Crippen molar-refractivity contribution in [3.8, 4) is 0 Å². The fourth-order valence-corrected chi connectivity index (χ4v) is 2.15. The molecule has 1 aromatic rings. The number of carbonyl (C=O) groups is 2. The van der Waals surface area contributed by atoms with Crippen molar-refractivity contribution in [2.45, 2.75) is 38.8 Å². The van der Waals surface area contributed by atoms with E-state index in [0.717, 1.165) is 18.4 Å². The number of hydrogen-bond donors (Lipinski definition) is 2. The predicted octanol–water partition coefficient (Wildman–Crippen LogP) is 1.61. The van der Waals surface area contributed by atoms with Gasteiger partial charge in [0.2, 0.25) is 5.91 Å². The van der Waals surface area contributed by atoms with Crippen molar-refractivity contribution in [2.75, 3.05) is 6.61 Å². The molecule has 0 bridgehead atoms. The van der Waals surface area contributed by atoms with Crippen molar-refractivity contribution in [3.05, 3.63) is 35.4 Å². The fraction of sp³-hybridized carbons (Fsp3) is 0.500. The maximum absolute atomic E-state index is 11.8. The molecule has 0 saturated heterocycles. The largest absolute Gasteiger partial charge is 0.462 e. The van der Waals surface area contributed by atoms with E-state index in [9.17, 15) is 9.59 Å². The van der Waals surface area contributed by atoms with Crippen molar-refractivity contribution >= 4 is 11.9 Å². The monoisotopic (exact) mass is 290 g/mol. The lowest BCUT2D eigenvalue weighted by Gasteiger charge is -2.10. The van der Waals surface area contributed by atoms with Gasteiger partial charge in [-0.1, -0.05) is 12.1 Å². The van der Waals surface area contributed by atoms with E-state index in [1.807, 2.05) is 12.1 Å². The minimum atomic E-state index is -0.330. The lowest BCUT2D eigenvalue weighted by Crippen LogP contribution is -2.32. The van der Waals surface area contributed by atoms with Gasteiger partial charge in [0.1, 0.15) is 0 Å². The number of nitrogens with two attached hydrogens (primary N) is 1. The molecule has 1 unspecified atom stereocenters. The molecule has 5 nitrogen and oxygen atoms in total. The van der Waals surface area contributed by atoms with Crippen LogP contribution in [0.25, 0.3) is 0 Å². The topological polar surface area (TPSA) is 81.4 Å². The molecule has 1 fully saturated rings. The number of esters is 1. The Morgan fingerprint density at radius 3 is 2.57 bits per heavy atom. The second kappa shape index (κ2) is 7.22. The average molecular weight is 290 g/mol. The lowest BCUT2D eigenvalue weighted by atomic mass is 10.1. The van der Waals surface area contributed by atoms with Gasteiger partial charge < -0.3 is 15.8 Å². The van der Waals surface area contributed by atoms with Gasteiger partial charge in [-0.25, -0.2) is 4.79 Å². The smallest absolute Gasteiger partial charge is 0.338 e. The molecule has 1 aliphatic rings. The number of hydrogen-bond acceptors (Lipinski definition) is 4. The molecule has 1 amide bonds. The molecule has 0 heterocycles. The van der Waals surface area contributed by atoms with Crippen molar-refractivity contribution < 1.29 is 14.3 Å². The summed E-state index contributed by atoms with van der Waals surface area (Å²) in [6.45, 7) is 2.57. The minimum Gasteiger partial charge on any atom is -0.462 e. The molecule has 1 aromatic carbocycles. The Hall–Kier alpha value is -1.88. The standard InChI is InChI=1S/C16H22N2O3/c1-2-21-16(20)13-5-3-11(4-6-13)10-18-15(19)9-14(17)12-7-8-12/h3-6,12,14H,2,7-10,17H2,1H3,(H,18,19). The molecule has 114 valence electrons. The lowest BCUT2D eigenvalue weighted by molar-refractivity contribution is -0.121. The number of benzene rings is 1. The van der Waals surface area contributed by atoms with Gasteiger partial charge in [-0.15, -0.1) is 0 Å². The van der Waals surface area contributed by atoms with E-state index in [4.69, 9.17) is 10.5 Å². The Bertz CT molecular complexity index is 495. The molecule has 2 rings (SSSR count). The highest BCUT2D eigenvalue weighted by Crippen LogP contribution is 2.32. The first-order chi connectivity index (χ1) is 10.1. The zero-order valence-corrected chi connectivity index (χ0v) is 12.3. The second-order valence-corrected chi connectivity index (χ2v) is 5.40. The summed E-state index contributed by atoms with van der Waals surface area (Å²) in [5.74, 6) is 0.173. The van der Waals surface area contributed by atoms with Crippen LogP contribution in [0.2, 0.25) is 0 Å². The summed E-state index contributed by atoms with van der Waals surface area (Å²) in [6, 6.07) is 7.02. The van der Waals surface area contributed by atoms with Crippen LogP contribution in [-0.4, -0.2) is 24.5 Å². The van der Waals surface area contributed by atoms with Crippen LogP contribution in [0, 0.1) is 5.92 Å². The van der Waals surface area contributed by atoms with E-state index >= 15 is 0 Å². The molecule has 1 aliphatic carbocycles.